The van der Waals surface area contributed by atoms with E-state index in [1.54, 1.807) is 6.07 Å². The second-order valence-electron chi connectivity index (χ2n) is 3.43. The summed E-state index contributed by atoms with van der Waals surface area (Å²) in [5, 5.41) is 10.8. The van der Waals surface area contributed by atoms with E-state index in [-0.39, 0.29) is 5.82 Å². The number of hydrogen-bond acceptors (Lipinski definition) is 2. The number of benzene rings is 1. The van der Waals surface area contributed by atoms with Crippen molar-refractivity contribution >= 4 is 11.3 Å². The Labute approximate surface area is 97.8 Å². The zero-order chi connectivity index (χ0) is 11.5. The van der Waals surface area contributed by atoms with Crippen molar-refractivity contribution in [3.8, 4) is 17.2 Å². The maximum absolute atomic E-state index is 13.6. The molecule has 0 N–H and O–H groups in total. The molecule has 0 aliphatic rings. The largest absolute Gasteiger partial charge is 0.207 e. The van der Waals surface area contributed by atoms with Crippen molar-refractivity contribution in [2.75, 3.05) is 0 Å². The van der Waals surface area contributed by atoms with Crippen LogP contribution in [-0.4, -0.2) is 0 Å². The lowest BCUT2D eigenvalue weighted by atomic mass is 10.0. The number of halogens is 1. The maximum Gasteiger partial charge on any atom is 0.127 e. The van der Waals surface area contributed by atoms with Crippen LogP contribution in [0.15, 0.2) is 29.6 Å². The monoisotopic (exact) mass is 231 g/mol. The standard InChI is InChI=1S/C13H10FNS/c1-2-9-3-4-10(7-12(9)14)11-5-6-16-13(11)8-15/h3-7H,2H2,1H3. The van der Waals surface area contributed by atoms with Crippen molar-refractivity contribution in [3.63, 3.8) is 0 Å². The number of aryl methyl sites for hydroxylation is 1. The molecule has 1 aromatic heterocycles. The fourth-order valence-corrected chi connectivity index (χ4v) is 2.33. The molecule has 2 aromatic rings. The minimum Gasteiger partial charge on any atom is -0.207 e. The molecule has 0 saturated heterocycles. The van der Waals surface area contributed by atoms with Gasteiger partial charge in [0.1, 0.15) is 16.8 Å². The van der Waals surface area contributed by atoms with Crippen LogP contribution < -0.4 is 0 Å². The van der Waals surface area contributed by atoms with E-state index in [0.29, 0.717) is 16.9 Å². The van der Waals surface area contributed by atoms with Crippen molar-refractivity contribution < 1.29 is 4.39 Å². The minimum absolute atomic E-state index is 0.199. The summed E-state index contributed by atoms with van der Waals surface area (Å²) < 4.78 is 13.6. The molecule has 0 spiro atoms. The van der Waals surface area contributed by atoms with Gasteiger partial charge in [0.25, 0.3) is 0 Å². The van der Waals surface area contributed by atoms with E-state index >= 15 is 0 Å². The highest BCUT2D eigenvalue weighted by Crippen LogP contribution is 2.28. The first-order valence-corrected chi connectivity index (χ1v) is 5.90. The lowest BCUT2D eigenvalue weighted by Crippen LogP contribution is -1.88. The van der Waals surface area contributed by atoms with Crippen molar-refractivity contribution in [2.45, 2.75) is 13.3 Å². The topological polar surface area (TPSA) is 23.8 Å². The molecule has 0 radical (unpaired) electrons. The molecule has 1 heterocycles. The number of nitriles is 1. The number of hydrogen-bond donors (Lipinski definition) is 0. The highest BCUT2D eigenvalue weighted by atomic mass is 32.1. The van der Waals surface area contributed by atoms with Crippen LogP contribution in [0.3, 0.4) is 0 Å². The van der Waals surface area contributed by atoms with Crippen molar-refractivity contribution in [1.29, 1.82) is 5.26 Å². The second-order valence-corrected chi connectivity index (χ2v) is 4.35. The second kappa shape index (κ2) is 4.46. The highest BCUT2D eigenvalue weighted by Gasteiger charge is 2.08. The van der Waals surface area contributed by atoms with E-state index in [4.69, 9.17) is 5.26 Å². The summed E-state index contributed by atoms with van der Waals surface area (Å²) >= 11 is 1.38. The summed E-state index contributed by atoms with van der Waals surface area (Å²) in [6.07, 6.45) is 0.681. The molecule has 0 amide bonds. The van der Waals surface area contributed by atoms with Crippen LogP contribution in [0.2, 0.25) is 0 Å². The molecule has 0 aliphatic carbocycles. The van der Waals surface area contributed by atoms with Gasteiger partial charge in [-0.15, -0.1) is 11.3 Å². The quantitative estimate of drug-likeness (QED) is 0.766. The Kier molecular flexibility index (Phi) is 3.02. The Morgan fingerprint density at radius 3 is 2.81 bits per heavy atom. The molecular formula is C13H10FNS. The first-order valence-electron chi connectivity index (χ1n) is 5.02. The van der Waals surface area contributed by atoms with E-state index in [9.17, 15) is 4.39 Å². The molecule has 0 aliphatic heterocycles. The predicted molar refractivity (Wildman–Crippen MR) is 63.8 cm³/mol. The smallest absolute Gasteiger partial charge is 0.127 e. The molecule has 1 nitrogen and oxygen atoms in total. The van der Waals surface area contributed by atoms with Crippen LogP contribution >= 0.6 is 11.3 Å². The van der Waals surface area contributed by atoms with Crippen LogP contribution in [0.4, 0.5) is 4.39 Å². The molecular weight excluding hydrogens is 221 g/mol. The van der Waals surface area contributed by atoms with Crippen LogP contribution in [0.5, 0.6) is 0 Å². The van der Waals surface area contributed by atoms with Crippen LogP contribution in [0, 0.1) is 17.1 Å². The molecule has 80 valence electrons. The predicted octanol–water partition coefficient (Wildman–Crippen LogP) is 3.99. The Morgan fingerprint density at radius 2 is 2.19 bits per heavy atom. The Bertz CT molecular complexity index is 551. The maximum atomic E-state index is 13.6. The molecule has 2 rings (SSSR count). The van der Waals surface area contributed by atoms with Gasteiger partial charge in [0.05, 0.1) is 0 Å². The summed E-state index contributed by atoms with van der Waals surface area (Å²) in [6.45, 7) is 1.92. The van der Waals surface area contributed by atoms with E-state index < -0.39 is 0 Å². The first-order chi connectivity index (χ1) is 7.76. The fourth-order valence-electron chi connectivity index (χ4n) is 1.62. The van der Waals surface area contributed by atoms with Crippen molar-refractivity contribution in [2.24, 2.45) is 0 Å². The SMILES string of the molecule is CCc1ccc(-c2ccsc2C#N)cc1F. The molecule has 3 heteroatoms. The van der Waals surface area contributed by atoms with Gasteiger partial charge in [-0.05, 0) is 35.1 Å². The molecule has 16 heavy (non-hydrogen) atoms. The number of rotatable bonds is 2. The molecule has 0 atom stereocenters. The average molecular weight is 231 g/mol. The summed E-state index contributed by atoms with van der Waals surface area (Å²) in [5.41, 5.74) is 2.29. The molecule has 1 aromatic carbocycles. The van der Waals surface area contributed by atoms with Gasteiger partial charge in [-0.3, -0.25) is 0 Å². The van der Waals surface area contributed by atoms with Gasteiger partial charge in [-0.1, -0.05) is 19.1 Å². The Morgan fingerprint density at radius 1 is 1.38 bits per heavy atom. The summed E-state index contributed by atoms with van der Waals surface area (Å²) in [6, 6.07) is 9.12. The third-order valence-electron chi connectivity index (χ3n) is 2.51. The zero-order valence-corrected chi connectivity index (χ0v) is 9.64. The number of thiophene rings is 1. The molecule has 0 fully saturated rings. The van der Waals surface area contributed by atoms with Gasteiger partial charge in [-0.2, -0.15) is 5.26 Å². The molecule has 0 bridgehead atoms. The minimum atomic E-state index is -0.199. The van der Waals surface area contributed by atoms with E-state index in [1.165, 1.54) is 17.4 Å². The van der Waals surface area contributed by atoms with Gasteiger partial charge >= 0.3 is 0 Å². The van der Waals surface area contributed by atoms with Crippen LogP contribution in [-0.2, 0) is 6.42 Å². The van der Waals surface area contributed by atoms with Gasteiger partial charge in [0.2, 0.25) is 0 Å². The fraction of sp³-hybridized carbons (Fsp3) is 0.154. The third-order valence-corrected chi connectivity index (χ3v) is 3.33. The molecule has 0 unspecified atom stereocenters. The van der Waals surface area contributed by atoms with Gasteiger partial charge in [-0.25, -0.2) is 4.39 Å². The summed E-state index contributed by atoms with van der Waals surface area (Å²) in [7, 11) is 0. The van der Waals surface area contributed by atoms with E-state index in [0.717, 1.165) is 11.1 Å². The third kappa shape index (κ3) is 1.84. The summed E-state index contributed by atoms with van der Waals surface area (Å²) in [5.74, 6) is -0.199. The number of nitrogens with zero attached hydrogens (tertiary/aromatic N) is 1. The normalized spacial score (nSPS) is 10.1. The first kappa shape index (κ1) is 10.8. The Hall–Kier alpha value is -1.66. The van der Waals surface area contributed by atoms with Gasteiger partial charge in [0.15, 0.2) is 0 Å². The van der Waals surface area contributed by atoms with Gasteiger partial charge < -0.3 is 0 Å². The lowest BCUT2D eigenvalue weighted by molar-refractivity contribution is 0.613. The van der Waals surface area contributed by atoms with Crippen LogP contribution in [0.25, 0.3) is 11.1 Å². The summed E-state index contributed by atoms with van der Waals surface area (Å²) in [4.78, 5) is 0.628. The average Bonchev–Trinajstić information content (AvgIpc) is 2.77. The van der Waals surface area contributed by atoms with Gasteiger partial charge in [0, 0.05) is 5.56 Å². The highest BCUT2D eigenvalue weighted by molar-refractivity contribution is 7.11. The Balaban J connectivity index is 2.50. The molecule has 0 saturated carbocycles. The lowest BCUT2D eigenvalue weighted by Gasteiger charge is -2.03. The zero-order valence-electron chi connectivity index (χ0n) is 8.83. The van der Waals surface area contributed by atoms with E-state index in [2.05, 4.69) is 6.07 Å². The van der Waals surface area contributed by atoms with Crippen LogP contribution in [0.1, 0.15) is 17.4 Å². The van der Waals surface area contributed by atoms with E-state index in [1.807, 2.05) is 24.4 Å². The van der Waals surface area contributed by atoms with Crippen molar-refractivity contribution in [3.05, 3.63) is 45.9 Å². The van der Waals surface area contributed by atoms with Crippen molar-refractivity contribution in [1.82, 2.24) is 0 Å².